The lowest BCUT2D eigenvalue weighted by molar-refractivity contribution is -0.129. The summed E-state index contributed by atoms with van der Waals surface area (Å²) in [7, 11) is 0. The van der Waals surface area contributed by atoms with Crippen molar-refractivity contribution >= 4 is 29.4 Å². The number of hydrogen-bond donors (Lipinski definition) is 0. The summed E-state index contributed by atoms with van der Waals surface area (Å²) in [6, 6.07) is 12.7. The number of carbonyl (C=O) groups is 3. The molecule has 0 saturated carbocycles. The van der Waals surface area contributed by atoms with Gasteiger partial charge in [0.25, 0.3) is 0 Å². The Balaban J connectivity index is 1.66. The maximum absolute atomic E-state index is 13.6. The van der Waals surface area contributed by atoms with Gasteiger partial charge in [0, 0.05) is 6.20 Å². The minimum Gasteiger partial charge on any atom is -0.359 e. The molecule has 2 aromatic rings. The molecule has 5 heteroatoms. The van der Waals surface area contributed by atoms with Crippen molar-refractivity contribution in [2.24, 2.45) is 11.8 Å². The third-order valence-electron chi connectivity index (χ3n) is 6.47. The number of ketones is 1. The molecule has 2 amide bonds. The third kappa shape index (κ3) is 2.36. The topological polar surface area (TPSA) is 57.7 Å². The van der Waals surface area contributed by atoms with Crippen molar-refractivity contribution in [3.63, 3.8) is 0 Å². The summed E-state index contributed by atoms with van der Waals surface area (Å²) in [5.74, 6) is -1.80. The van der Waals surface area contributed by atoms with Gasteiger partial charge >= 0.3 is 0 Å². The zero-order chi connectivity index (χ0) is 20.4. The van der Waals surface area contributed by atoms with Crippen LogP contribution < -0.4 is 4.90 Å². The molecule has 4 atom stereocenters. The Hall–Kier alpha value is -3.21. The average Bonchev–Trinajstić information content (AvgIpc) is 3.16. The summed E-state index contributed by atoms with van der Waals surface area (Å²) in [6.07, 6.45) is 3.83. The van der Waals surface area contributed by atoms with Crippen LogP contribution in [-0.2, 0) is 14.4 Å². The van der Waals surface area contributed by atoms with Crippen molar-refractivity contribution in [3.05, 3.63) is 70.9 Å². The van der Waals surface area contributed by atoms with Gasteiger partial charge in [0.2, 0.25) is 11.8 Å². The van der Waals surface area contributed by atoms with E-state index in [1.807, 2.05) is 73.5 Å². The lowest BCUT2D eigenvalue weighted by Crippen LogP contribution is -2.43. The van der Waals surface area contributed by atoms with Crippen LogP contribution in [0.2, 0.25) is 0 Å². The molecule has 0 bridgehead atoms. The van der Waals surface area contributed by atoms with E-state index in [1.165, 1.54) is 11.8 Å². The van der Waals surface area contributed by atoms with Crippen molar-refractivity contribution in [1.82, 2.24) is 4.90 Å². The highest BCUT2D eigenvalue weighted by Gasteiger charge is 2.64. The molecule has 5 nitrogen and oxygen atoms in total. The number of anilines is 1. The zero-order valence-corrected chi connectivity index (χ0v) is 16.6. The smallest absolute Gasteiger partial charge is 0.240 e. The van der Waals surface area contributed by atoms with E-state index in [9.17, 15) is 14.4 Å². The van der Waals surface area contributed by atoms with Crippen LogP contribution in [0.1, 0.15) is 35.2 Å². The first-order valence-electron chi connectivity index (χ1n) is 9.90. The van der Waals surface area contributed by atoms with Crippen molar-refractivity contribution < 1.29 is 14.4 Å². The summed E-state index contributed by atoms with van der Waals surface area (Å²) in [6.45, 7) is 5.40. The SMILES string of the molecule is CC(=O)C1C2C(=O)N(c3ccc(C)cc3C)C(=O)C2C2c3ccccc3C=CN12. The lowest BCUT2D eigenvalue weighted by atomic mass is 9.84. The van der Waals surface area contributed by atoms with Crippen LogP contribution in [-0.4, -0.2) is 28.5 Å². The van der Waals surface area contributed by atoms with E-state index in [4.69, 9.17) is 0 Å². The summed E-state index contributed by atoms with van der Waals surface area (Å²) >= 11 is 0. The predicted molar refractivity (Wildman–Crippen MR) is 110 cm³/mol. The van der Waals surface area contributed by atoms with Crippen LogP contribution in [0.4, 0.5) is 5.69 Å². The quantitative estimate of drug-likeness (QED) is 0.743. The minimum atomic E-state index is -0.665. The van der Waals surface area contributed by atoms with E-state index in [1.54, 1.807) is 0 Å². The van der Waals surface area contributed by atoms with Gasteiger partial charge in [-0.2, -0.15) is 0 Å². The van der Waals surface area contributed by atoms with E-state index >= 15 is 0 Å². The summed E-state index contributed by atoms with van der Waals surface area (Å²) < 4.78 is 0. The minimum absolute atomic E-state index is 0.0878. The predicted octanol–water partition coefficient (Wildman–Crippen LogP) is 3.41. The summed E-state index contributed by atoms with van der Waals surface area (Å²) in [4.78, 5) is 43.0. The molecule has 0 radical (unpaired) electrons. The second-order valence-corrected chi connectivity index (χ2v) is 8.25. The fourth-order valence-corrected chi connectivity index (χ4v) is 5.32. The van der Waals surface area contributed by atoms with Gasteiger partial charge in [-0.3, -0.25) is 14.4 Å². The first-order chi connectivity index (χ1) is 13.9. The van der Waals surface area contributed by atoms with Gasteiger partial charge in [0.15, 0.2) is 5.78 Å². The largest absolute Gasteiger partial charge is 0.359 e. The zero-order valence-electron chi connectivity index (χ0n) is 16.6. The number of Topliss-reactive ketones (excluding diaryl/α,β-unsaturated/α-hetero) is 1. The monoisotopic (exact) mass is 386 g/mol. The van der Waals surface area contributed by atoms with Crippen LogP contribution >= 0.6 is 0 Å². The molecule has 2 saturated heterocycles. The molecule has 0 spiro atoms. The maximum Gasteiger partial charge on any atom is 0.240 e. The van der Waals surface area contributed by atoms with E-state index in [0.29, 0.717) is 5.69 Å². The van der Waals surface area contributed by atoms with Gasteiger partial charge in [-0.05, 0) is 49.6 Å². The van der Waals surface area contributed by atoms with Crippen molar-refractivity contribution in [3.8, 4) is 0 Å². The average molecular weight is 386 g/mol. The molecule has 3 aliphatic heterocycles. The van der Waals surface area contributed by atoms with Gasteiger partial charge in [0.1, 0.15) is 0 Å². The van der Waals surface area contributed by atoms with E-state index < -0.39 is 17.9 Å². The fraction of sp³-hybridized carbons (Fsp3) is 0.292. The molecule has 3 aliphatic rings. The number of amides is 2. The Morgan fingerprint density at radius 2 is 1.69 bits per heavy atom. The number of hydrogen-bond acceptors (Lipinski definition) is 4. The highest BCUT2D eigenvalue weighted by molar-refractivity contribution is 6.24. The first-order valence-corrected chi connectivity index (χ1v) is 9.90. The normalized spacial score (nSPS) is 27.1. The van der Waals surface area contributed by atoms with Crippen LogP contribution in [0.3, 0.4) is 0 Å². The summed E-state index contributed by atoms with van der Waals surface area (Å²) in [5.41, 5.74) is 4.60. The Morgan fingerprint density at radius 3 is 2.41 bits per heavy atom. The molecule has 5 rings (SSSR count). The van der Waals surface area contributed by atoms with Gasteiger partial charge < -0.3 is 4.90 Å². The standard InChI is InChI=1S/C24H22N2O3/c1-13-8-9-18(14(2)12-13)26-23(28)19-20(24(26)29)22-17-7-5-4-6-16(17)10-11-25(22)21(19)15(3)27/h4-12,19-22H,1-3H3. The molecule has 0 aliphatic carbocycles. The number of nitrogens with zero attached hydrogens (tertiary/aromatic N) is 2. The van der Waals surface area contributed by atoms with Gasteiger partial charge in [-0.1, -0.05) is 42.0 Å². The van der Waals surface area contributed by atoms with E-state index in [0.717, 1.165) is 22.3 Å². The fourth-order valence-electron chi connectivity index (χ4n) is 5.32. The van der Waals surface area contributed by atoms with Crippen molar-refractivity contribution in [2.45, 2.75) is 32.9 Å². The lowest BCUT2D eigenvalue weighted by Gasteiger charge is -2.35. The Kier molecular flexibility index (Phi) is 3.78. The van der Waals surface area contributed by atoms with Gasteiger partial charge in [-0.25, -0.2) is 4.90 Å². The molecular formula is C24H22N2O3. The first kappa shape index (κ1) is 17.9. The number of benzene rings is 2. The number of aryl methyl sites for hydroxylation is 2. The molecule has 0 N–H and O–H groups in total. The molecule has 3 heterocycles. The molecule has 146 valence electrons. The Morgan fingerprint density at radius 1 is 0.966 bits per heavy atom. The molecule has 2 fully saturated rings. The third-order valence-corrected chi connectivity index (χ3v) is 6.47. The summed E-state index contributed by atoms with van der Waals surface area (Å²) in [5, 5.41) is 0. The second-order valence-electron chi connectivity index (χ2n) is 8.25. The molecule has 29 heavy (non-hydrogen) atoms. The van der Waals surface area contributed by atoms with Gasteiger partial charge in [-0.15, -0.1) is 0 Å². The molecule has 0 aromatic heterocycles. The Bertz CT molecular complexity index is 1100. The van der Waals surface area contributed by atoms with Crippen LogP contribution in [0.15, 0.2) is 48.7 Å². The molecular weight excluding hydrogens is 364 g/mol. The van der Waals surface area contributed by atoms with Crippen molar-refractivity contribution in [1.29, 1.82) is 0 Å². The highest BCUT2D eigenvalue weighted by Crippen LogP contribution is 2.53. The number of fused-ring (bicyclic) bond motifs is 5. The van der Waals surface area contributed by atoms with E-state index in [-0.39, 0.29) is 23.6 Å². The molecule has 2 aromatic carbocycles. The number of carbonyl (C=O) groups excluding carboxylic acids is 3. The second kappa shape index (κ2) is 6.14. The maximum atomic E-state index is 13.6. The number of imide groups is 1. The highest BCUT2D eigenvalue weighted by atomic mass is 16.2. The molecule has 4 unspecified atom stereocenters. The number of rotatable bonds is 2. The van der Waals surface area contributed by atoms with E-state index in [2.05, 4.69) is 0 Å². The van der Waals surface area contributed by atoms with Crippen LogP contribution in [0.25, 0.3) is 6.08 Å². The van der Waals surface area contributed by atoms with Gasteiger partial charge in [0.05, 0.1) is 29.6 Å². The Labute approximate surface area is 169 Å². The van der Waals surface area contributed by atoms with Crippen molar-refractivity contribution in [2.75, 3.05) is 4.90 Å². The van der Waals surface area contributed by atoms with Crippen LogP contribution in [0, 0.1) is 25.7 Å². The van der Waals surface area contributed by atoms with Crippen LogP contribution in [0.5, 0.6) is 0 Å².